The van der Waals surface area contributed by atoms with Crippen molar-refractivity contribution in [1.29, 1.82) is 0 Å². The average molecular weight is 346 g/mol. The lowest BCUT2D eigenvalue weighted by Gasteiger charge is -2.08. The van der Waals surface area contributed by atoms with Gasteiger partial charge < -0.3 is 13.7 Å². The maximum absolute atomic E-state index is 12.2. The summed E-state index contributed by atoms with van der Waals surface area (Å²) >= 11 is 0. The van der Waals surface area contributed by atoms with E-state index in [1.165, 1.54) is 6.07 Å². The lowest BCUT2D eigenvalue weighted by atomic mass is 10.1. The number of benzene rings is 2. The van der Waals surface area contributed by atoms with E-state index in [-0.39, 0.29) is 0 Å². The number of rotatable bonds is 4. The molecule has 0 saturated heterocycles. The molecule has 0 aliphatic rings. The first-order chi connectivity index (χ1) is 12.7. The number of hydrogen-bond donors (Lipinski definition) is 0. The molecule has 6 heteroatoms. The third-order valence-corrected chi connectivity index (χ3v) is 3.93. The van der Waals surface area contributed by atoms with Gasteiger partial charge in [-0.3, -0.25) is 0 Å². The minimum Gasteiger partial charge on any atom is -0.423 e. The van der Waals surface area contributed by atoms with E-state index >= 15 is 0 Å². The molecule has 4 aromatic rings. The molecule has 2 aromatic carbocycles. The average Bonchev–Trinajstić information content (AvgIpc) is 3.15. The van der Waals surface area contributed by atoms with Crippen molar-refractivity contribution < 1.29 is 13.9 Å². The predicted molar refractivity (Wildman–Crippen MR) is 95.2 cm³/mol. The molecule has 0 bridgehead atoms. The topological polar surface area (TPSA) is 74.3 Å². The summed E-state index contributed by atoms with van der Waals surface area (Å²) in [4.78, 5) is 28.1. The summed E-state index contributed by atoms with van der Waals surface area (Å²) in [5, 5.41) is 0.776. The van der Waals surface area contributed by atoms with Crippen LogP contribution in [0.2, 0.25) is 0 Å². The summed E-state index contributed by atoms with van der Waals surface area (Å²) < 4.78 is 12.5. The first-order valence-corrected chi connectivity index (χ1v) is 7.99. The summed E-state index contributed by atoms with van der Waals surface area (Å²) in [5.41, 5.74) is 1.16. The molecule has 0 spiro atoms. The number of nitrogens with zero attached hydrogens (tertiary/aromatic N) is 2. The van der Waals surface area contributed by atoms with Gasteiger partial charge in [-0.15, -0.1) is 0 Å². The second-order valence-electron chi connectivity index (χ2n) is 5.74. The molecule has 0 aliphatic carbocycles. The lowest BCUT2D eigenvalue weighted by Crippen LogP contribution is -2.08. The number of aromatic nitrogens is 2. The van der Waals surface area contributed by atoms with Crippen LogP contribution in [-0.4, -0.2) is 15.5 Å². The second-order valence-corrected chi connectivity index (χ2v) is 5.74. The van der Waals surface area contributed by atoms with Gasteiger partial charge in [0.15, 0.2) is 0 Å². The predicted octanol–water partition coefficient (Wildman–Crippen LogP) is 3.26. The van der Waals surface area contributed by atoms with E-state index < -0.39 is 11.6 Å². The fourth-order valence-electron chi connectivity index (χ4n) is 2.72. The van der Waals surface area contributed by atoms with Gasteiger partial charge in [0.2, 0.25) is 0 Å². The standard InChI is InChI=1S/C20H14N2O4/c23-19-10-15(12-22-9-8-21-13-22)17-7-6-16(11-18(17)26-19)25-20(24)14-4-2-1-3-5-14/h1-11,13H,12H2. The number of hydrogen-bond acceptors (Lipinski definition) is 5. The lowest BCUT2D eigenvalue weighted by molar-refractivity contribution is 0.0735. The van der Waals surface area contributed by atoms with Gasteiger partial charge in [-0.25, -0.2) is 14.6 Å². The zero-order chi connectivity index (χ0) is 17.9. The molecule has 0 radical (unpaired) electrons. The van der Waals surface area contributed by atoms with Crippen molar-refractivity contribution in [1.82, 2.24) is 9.55 Å². The highest BCUT2D eigenvalue weighted by Crippen LogP contribution is 2.24. The number of imidazole rings is 1. The van der Waals surface area contributed by atoms with Gasteiger partial charge in [0, 0.05) is 36.5 Å². The monoisotopic (exact) mass is 346 g/mol. The normalized spacial score (nSPS) is 10.8. The Morgan fingerprint density at radius 2 is 1.96 bits per heavy atom. The maximum Gasteiger partial charge on any atom is 0.343 e. The van der Waals surface area contributed by atoms with Gasteiger partial charge in [0.1, 0.15) is 11.3 Å². The maximum atomic E-state index is 12.2. The molecule has 26 heavy (non-hydrogen) atoms. The zero-order valence-electron chi connectivity index (χ0n) is 13.7. The summed E-state index contributed by atoms with van der Waals surface area (Å²) in [6.07, 6.45) is 5.17. The SMILES string of the molecule is O=C(Oc1ccc2c(Cn3ccnc3)cc(=O)oc2c1)c1ccccc1. The van der Waals surface area contributed by atoms with Crippen LogP contribution in [0.3, 0.4) is 0 Å². The van der Waals surface area contributed by atoms with E-state index in [1.54, 1.807) is 55.0 Å². The van der Waals surface area contributed by atoms with E-state index in [0.29, 0.717) is 23.4 Å². The van der Waals surface area contributed by atoms with Crippen molar-refractivity contribution >= 4 is 16.9 Å². The molecule has 0 saturated carbocycles. The molecule has 2 aromatic heterocycles. The Morgan fingerprint density at radius 3 is 2.73 bits per heavy atom. The van der Waals surface area contributed by atoms with Crippen molar-refractivity contribution in [3.63, 3.8) is 0 Å². The van der Waals surface area contributed by atoms with E-state index in [1.807, 2.05) is 16.8 Å². The molecule has 2 heterocycles. The third kappa shape index (κ3) is 3.25. The highest BCUT2D eigenvalue weighted by Gasteiger charge is 2.11. The van der Waals surface area contributed by atoms with Crippen LogP contribution in [0.5, 0.6) is 5.75 Å². The summed E-state index contributed by atoms with van der Waals surface area (Å²) in [6, 6.07) is 15.2. The van der Waals surface area contributed by atoms with Crippen LogP contribution in [0.15, 0.2) is 82.5 Å². The van der Waals surface area contributed by atoms with Crippen LogP contribution in [-0.2, 0) is 6.54 Å². The van der Waals surface area contributed by atoms with Gasteiger partial charge in [-0.1, -0.05) is 18.2 Å². The smallest absolute Gasteiger partial charge is 0.343 e. The van der Waals surface area contributed by atoms with Crippen molar-refractivity contribution in [3.8, 4) is 5.75 Å². The molecule has 0 amide bonds. The van der Waals surface area contributed by atoms with Gasteiger partial charge in [0.25, 0.3) is 0 Å². The Morgan fingerprint density at radius 1 is 1.12 bits per heavy atom. The van der Waals surface area contributed by atoms with Gasteiger partial charge >= 0.3 is 11.6 Å². The van der Waals surface area contributed by atoms with Gasteiger partial charge in [-0.05, 0) is 29.8 Å². The first-order valence-electron chi connectivity index (χ1n) is 7.99. The number of carbonyl (C=O) groups excluding carboxylic acids is 1. The van der Waals surface area contributed by atoms with Crippen molar-refractivity contribution in [2.75, 3.05) is 0 Å². The molecule has 0 aliphatic heterocycles. The third-order valence-electron chi connectivity index (χ3n) is 3.93. The van der Waals surface area contributed by atoms with Crippen LogP contribution in [0, 0.1) is 0 Å². The summed E-state index contributed by atoms with van der Waals surface area (Å²) in [7, 11) is 0. The quantitative estimate of drug-likeness (QED) is 0.322. The Labute approximate surface area is 148 Å². The van der Waals surface area contributed by atoms with Crippen molar-refractivity contribution in [2.24, 2.45) is 0 Å². The minimum atomic E-state index is -0.470. The van der Waals surface area contributed by atoms with E-state index in [2.05, 4.69) is 4.98 Å². The van der Waals surface area contributed by atoms with Crippen LogP contribution in [0.1, 0.15) is 15.9 Å². The molecule has 6 nitrogen and oxygen atoms in total. The van der Waals surface area contributed by atoms with Crippen LogP contribution >= 0.6 is 0 Å². The Bertz CT molecular complexity index is 1120. The summed E-state index contributed by atoms with van der Waals surface area (Å²) in [5.74, 6) is -0.156. The van der Waals surface area contributed by atoms with Crippen LogP contribution < -0.4 is 10.4 Å². The van der Waals surface area contributed by atoms with Crippen LogP contribution in [0.25, 0.3) is 11.0 Å². The largest absolute Gasteiger partial charge is 0.423 e. The van der Waals surface area contributed by atoms with Crippen molar-refractivity contribution in [3.05, 3.63) is 94.9 Å². The number of carbonyl (C=O) groups is 1. The Balaban J connectivity index is 1.67. The van der Waals surface area contributed by atoms with E-state index in [4.69, 9.17) is 9.15 Å². The molecule has 4 rings (SSSR count). The van der Waals surface area contributed by atoms with Crippen LogP contribution in [0.4, 0.5) is 0 Å². The second kappa shape index (κ2) is 6.68. The van der Waals surface area contributed by atoms with Gasteiger partial charge in [0.05, 0.1) is 11.9 Å². The van der Waals surface area contributed by atoms with E-state index in [9.17, 15) is 9.59 Å². The van der Waals surface area contributed by atoms with E-state index in [0.717, 1.165) is 10.9 Å². The fourth-order valence-corrected chi connectivity index (χ4v) is 2.72. The Hall–Kier alpha value is -3.67. The number of esters is 1. The highest BCUT2D eigenvalue weighted by atomic mass is 16.5. The molecule has 0 atom stereocenters. The first kappa shape index (κ1) is 15.8. The molecule has 0 unspecified atom stereocenters. The molecular formula is C20H14N2O4. The molecule has 128 valence electrons. The van der Waals surface area contributed by atoms with Crippen molar-refractivity contribution in [2.45, 2.75) is 6.54 Å². The zero-order valence-corrected chi connectivity index (χ0v) is 13.7. The highest BCUT2D eigenvalue weighted by molar-refractivity contribution is 5.91. The fraction of sp³-hybridized carbons (Fsp3) is 0.0500. The number of ether oxygens (including phenoxy) is 1. The number of fused-ring (bicyclic) bond motifs is 1. The minimum absolute atomic E-state index is 0.314. The Kier molecular flexibility index (Phi) is 4.07. The van der Waals surface area contributed by atoms with Gasteiger partial charge in [-0.2, -0.15) is 0 Å². The molecular weight excluding hydrogens is 332 g/mol. The molecule has 0 fully saturated rings. The summed E-state index contributed by atoms with van der Waals surface area (Å²) in [6.45, 7) is 0.491. The molecule has 0 N–H and O–H groups in total.